The summed E-state index contributed by atoms with van der Waals surface area (Å²) >= 11 is 0. The lowest BCUT2D eigenvalue weighted by molar-refractivity contribution is -0.0349. The maximum absolute atomic E-state index is 5.73. The molecule has 0 radical (unpaired) electrons. The molecule has 4 unspecified atom stereocenters. The average Bonchev–Trinajstić information content (AvgIpc) is 2.91. The lowest BCUT2D eigenvalue weighted by Crippen LogP contribution is -2.45. The minimum atomic E-state index is 0.486. The average molecular weight is 224 g/mol. The van der Waals surface area contributed by atoms with Gasteiger partial charge in [0, 0.05) is 31.7 Å². The zero-order chi connectivity index (χ0) is 11.0. The topological polar surface area (TPSA) is 24.5 Å². The van der Waals surface area contributed by atoms with E-state index in [4.69, 9.17) is 4.74 Å². The molecule has 3 heteroatoms. The fourth-order valence-corrected chi connectivity index (χ4v) is 3.66. The van der Waals surface area contributed by atoms with Crippen LogP contribution in [0.4, 0.5) is 0 Å². The van der Waals surface area contributed by atoms with Gasteiger partial charge in [0.2, 0.25) is 0 Å². The molecule has 4 atom stereocenters. The van der Waals surface area contributed by atoms with Crippen molar-refractivity contribution >= 4 is 0 Å². The first-order valence-corrected chi connectivity index (χ1v) is 6.95. The van der Waals surface area contributed by atoms with E-state index >= 15 is 0 Å². The molecule has 3 aliphatic heterocycles. The summed E-state index contributed by atoms with van der Waals surface area (Å²) < 4.78 is 5.73. The maximum Gasteiger partial charge on any atom is 0.0700 e. The Morgan fingerprint density at radius 3 is 3.00 bits per heavy atom. The highest BCUT2D eigenvalue weighted by molar-refractivity contribution is 4.98. The van der Waals surface area contributed by atoms with Gasteiger partial charge in [-0.15, -0.1) is 0 Å². The Labute approximate surface area is 98.5 Å². The van der Waals surface area contributed by atoms with E-state index in [9.17, 15) is 0 Å². The van der Waals surface area contributed by atoms with Gasteiger partial charge in [-0.1, -0.05) is 6.92 Å². The van der Waals surface area contributed by atoms with Crippen molar-refractivity contribution in [2.24, 2.45) is 5.92 Å². The van der Waals surface area contributed by atoms with Gasteiger partial charge in [-0.2, -0.15) is 0 Å². The first-order chi connectivity index (χ1) is 7.85. The smallest absolute Gasteiger partial charge is 0.0700 e. The minimum Gasteiger partial charge on any atom is -0.376 e. The van der Waals surface area contributed by atoms with Crippen LogP contribution in [-0.4, -0.2) is 49.3 Å². The highest BCUT2D eigenvalue weighted by atomic mass is 16.5. The zero-order valence-electron chi connectivity index (χ0n) is 10.3. The second-order valence-corrected chi connectivity index (χ2v) is 5.70. The van der Waals surface area contributed by atoms with Crippen molar-refractivity contribution in [2.45, 2.75) is 50.8 Å². The molecule has 2 bridgehead atoms. The van der Waals surface area contributed by atoms with Crippen LogP contribution in [0.5, 0.6) is 0 Å². The quantitative estimate of drug-likeness (QED) is 0.780. The van der Waals surface area contributed by atoms with E-state index in [-0.39, 0.29) is 0 Å². The lowest BCUT2D eigenvalue weighted by Gasteiger charge is -2.35. The fourth-order valence-electron chi connectivity index (χ4n) is 3.66. The highest BCUT2D eigenvalue weighted by Crippen LogP contribution is 2.33. The molecule has 3 fully saturated rings. The van der Waals surface area contributed by atoms with Gasteiger partial charge in [-0.3, -0.25) is 4.90 Å². The van der Waals surface area contributed by atoms with Crippen molar-refractivity contribution in [1.82, 2.24) is 10.2 Å². The van der Waals surface area contributed by atoms with E-state index in [0.29, 0.717) is 6.10 Å². The van der Waals surface area contributed by atoms with Crippen LogP contribution in [-0.2, 0) is 4.74 Å². The molecule has 3 nitrogen and oxygen atoms in total. The summed E-state index contributed by atoms with van der Waals surface area (Å²) in [5.41, 5.74) is 0. The van der Waals surface area contributed by atoms with Crippen molar-refractivity contribution in [2.75, 3.05) is 26.2 Å². The van der Waals surface area contributed by atoms with Gasteiger partial charge in [0.05, 0.1) is 12.7 Å². The normalized spacial score (nSPS) is 44.1. The number of nitrogens with one attached hydrogen (secondary N) is 1. The van der Waals surface area contributed by atoms with E-state index in [1.54, 1.807) is 0 Å². The second kappa shape index (κ2) is 4.63. The van der Waals surface area contributed by atoms with Gasteiger partial charge in [0.1, 0.15) is 0 Å². The van der Waals surface area contributed by atoms with Crippen LogP contribution < -0.4 is 5.32 Å². The summed E-state index contributed by atoms with van der Waals surface area (Å²) in [6.07, 6.45) is 5.89. The Balaban J connectivity index is 1.51. The van der Waals surface area contributed by atoms with Crippen LogP contribution in [0.15, 0.2) is 0 Å². The third-order valence-electron chi connectivity index (χ3n) is 4.60. The third-order valence-corrected chi connectivity index (χ3v) is 4.60. The Bertz CT molecular complexity index is 246. The van der Waals surface area contributed by atoms with Crippen LogP contribution in [0.3, 0.4) is 0 Å². The molecule has 1 N–H and O–H groups in total. The predicted octanol–water partition coefficient (Wildman–Crippen LogP) is 1.24. The molecule has 3 saturated heterocycles. The van der Waals surface area contributed by atoms with Gasteiger partial charge in [0.15, 0.2) is 0 Å². The number of fused-ring (bicyclic) bond motifs is 2. The number of nitrogens with zero attached hydrogens (tertiary/aromatic N) is 1. The second-order valence-electron chi connectivity index (χ2n) is 5.70. The molecule has 0 amide bonds. The lowest BCUT2D eigenvalue weighted by atomic mass is 9.88. The Morgan fingerprint density at radius 2 is 2.31 bits per heavy atom. The molecule has 0 aliphatic carbocycles. The van der Waals surface area contributed by atoms with Crippen molar-refractivity contribution in [3.8, 4) is 0 Å². The number of rotatable bonds is 3. The Morgan fingerprint density at radius 1 is 1.38 bits per heavy atom. The van der Waals surface area contributed by atoms with Gasteiger partial charge in [-0.05, 0) is 31.6 Å². The molecular weight excluding hydrogens is 200 g/mol. The summed E-state index contributed by atoms with van der Waals surface area (Å²) in [5, 5.41) is 3.73. The summed E-state index contributed by atoms with van der Waals surface area (Å²) in [6.45, 7) is 6.77. The Kier molecular flexibility index (Phi) is 3.18. The predicted molar refractivity (Wildman–Crippen MR) is 64.5 cm³/mol. The molecule has 0 aromatic rings. The van der Waals surface area contributed by atoms with Gasteiger partial charge in [0.25, 0.3) is 0 Å². The first kappa shape index (κ1) is 11.0. The molecule has 3 rings (SSSR count). The molecule has 0 saturated carbocycles. The highest BCUT2D eigenvalue weighted by Gasteiger charge is 2.39. The zero-order valence-corrected chi connectivity index (χ0v) is 10.3. The van der Waals surface area contributed by atoms with Crippen molar-refractivity contribution in [1.29, 1.82) is 0 Å². The van der Waals surface area contributed by atoms with Gasteiger partial charge in [-0.25, -0.2) is 0 Å². The molecule has 0 aromatic heterocycles. The largest absolute Gasteiger partial charge is 0.376 e. The van der Waals surface area contributed by atoms with Crippen molar-refractivity contribution in [3.05, 3.63) is 0 Å². The van der Waals surface area contributed by atoms with E-state index in [1.807, 2.05) is 0 Å². The Hall–Kier alpha value is -0.120. The van der Waals surface area contributed by atoms with E-state index < -0.39 is 0 Å². The van der Waals surface area contributed by atoms with Crippen LogP contribution in [0.2, 0.25) is 0 Å². The monoisotopic (exact) mass is 224 g/mol. The summed E-state index contributed by atoms with van der Waals surface area (Å²) in [5.74, 6) is 0.911. The number of ether oxygens (including phenoxy) is 1. The van der Waals surface area contributed by atoms with Crippen LogP contribution in [0.1, 0.15) is 32.6 Å². The van der Waals surface area contributed by atoms with Gasteiger partial charge >= 0.3 is 0 Å². The number of hydrogen-bond donors (Lipinski definition) is 1. The van der Waals surface area contributed by atoms with Gasteiger partial charge < -0.3 is 10.1 Å². The molecule has 16 heavy (non-hydrogen) atoms. The molecular formula is C13H24N2O. The third kappa shape index (κ3) is 2.13. The van der Waals surface area contributed by atoms with Crippen LogP contribution in [0, 0.1) is 5.92 Å². The number of morpholine rings is 1. The summed E-state index contributed by atoms with van der Waals surface area (Å²) in [4.78, 5) is 2.63. The molecule has 3 aliphatic rings. The van der Waals surface area contributed by atoms with E-state index in [0.717, 1.165) is 44.1 Å². The van der Waals surface area contributed by atoms with E-state index in [2.05, 4.69) is 17.1 Å². The molecule has 0 aromatic carbocycles. The molecule has 0 spiro atoms. The van der Waals surface area contributed by atoms with Crippen molar-refractivity contribution < 1.29 is 4.74 Å². The SMILES string of the molecule is CCC1CN(CC2CC3CCC2N3)CCO1. The number of hydrogen-bond acceptors (Lipinski definition) is 3. The van der Waals surface area contributed by atoms with E-state index in [1.165, 1.54) is 25.8 Å². The minimum absolute atomic E-state index is 0.486. The summed E-state index contributed by atoms with van der Waals surface area (Å²) in [6, 6.07) is 1.67. The fraction of sp³-hybridized carbons (Fsp3) is 1.00. The van der Waals surface area contributed by atoms with Crippen molar-refractivity contribution in [3.63, 3.8) is 0 Å². The molecule has 3 heterocycles. The molecule has 92 valence electrons. The maximum atomic E-state index is 5.73. The van der Waals surface area contributed by atoms with Crippen LogP contribution >= 0.6 is 0 Å². The first-order valence-electron chi connectivity index (χ1n) is 6.95. The summed E-state index contributed by atoms with van der Waals surface area (Å²) in [7, 11) is 0. The van der Waals surface area contributed by atoms with Crippen LogP contribution in [0.25, 0.3) is 0 Å². The standard InChI is InChI=1S/C13H24N2O/c1-2-12-9-15(5-6-16-12)8-10-7-11-3-4-13(10)14-11/h10-14H,2-9H2,1H3.